The first kappa shape index (κ1) is 16.1. The van der Waals surface area contributed by atoms with Gasteiger partial charge in [-0.2, -0.15) is 0 Å². The van der Waals surface area contributed by atoms with Gasteiger partial charge in [-0.1, -0.05) is 0 Å². The summed E-state index contributed by atoms with van der Waals surface area (Å²) in [6, 6.07) is 0. The maximum atomic E-state index is 5.35. The molecule has 0 aliphatic heterocycles. The Morgan fingerprint density at radius 3 is 1.00 bits per heavy atom. The summed E-state index contributed by atoms with van der Waals surface area (Å²) in [6.07, 6.45) is 0. The molecule has 0 aromatic rings. The van der Waals surface area contributed by atoms with Crippen LogP contribution in [0.4, 0.5) is 0 Å². The molecule has 0 rings (SSSR count). The van der Waals surface area contributed by atoms with Gasteiger partial charge in [0.2, 0.25) is 0 Å². The molecule has 0 unspecified atom stereocenters. The normalized spacial score (nSPS) is 12.0. The van der Waals surface area contributed by atoms with Gasteiger partial charge in [0.25, 0.3) is 0 Å². The Labute approximate surface area is 106 Å². The van der Waals surface area contributed by atoms with Crippen LogP contribution in [0.15, 0.2) is 0 Å². The summed E-state index contributed by atoms with van der Waals surface area (Å²) < 4.78 is -1.30. The van der Waals surface area contributed by atoms with Crippen LogP contribution in [0.2, 0.25) is 0 Å². The maximum absolute atomic E-state index is 5.35. The molecular weight excluding hydrogens is 688 g/mol. The molecule has 1 nitrogen and oxygen atoms in total. The first-order valence-electron chi connectivity index (χ1n) is 2.54. The van der Waals surface area contributed by atoms with Crippen LogP contribution in [0.3, 0.4) is 0 Å². The molecule has 0 aliphatic rings. The molecule has 0 heterocycles. The fraction of sp³-hybridized carbons (Fsp3) is 1.00. The minimum absolute atomic E-state index is 0. The number of hydrogen-bond donors (Lipinski definition) is 1. The molecule has 0 aromatic carbocycles. The van der Waals surface area contributed by atoms with Gasteiger partial charge in [-0.15, -0.1) is 0 Å². The van der Waals surface area contributed by atoms with E-state index in [1.165, 1.54) is 0 Å². The van der Waals surface area contributed by atoms with E-state index < -0.39 is 2.50 Å². The molecule has 0 amide bonds. The molecule has 10 heavy (non-hydrogen) atoms. The van der Waals surface area contributed by atoms with Gasteiger partial charge in [-0.3, -0.25) is 0 Å². The van der Waals surface area contributed by atoms with Gasteiger partial charge >= 0.3 is 77.0 Å². The second kappa shape index (κ2) is 7.03. The van der Waals surface area contributed by atoms with Crippen LogP contribution in [-0.2, 0) is 0 Å². The van der Waals surface area contributed by atoms with Gasteiger partial charge in [0.1, 0.15) is 0 Å². The van der Waals surface area contributed by atoms with E-state index in [9.17, 15) is 0 Å². The molecule has 6 heteroatoms. The van der Waals surface area contributed by atoms with E-state index in [-0.39, 0.29) is 5.54 Å². The van der Waals surface area contributed by atoms with Crippen molar-refractivity contribution in [2.45, 2.75) is 26.3 Å². The van der Waals surface area contributed by atoms with Gasteiger partial charge in [0.05, 0.1) is 0 Å². The van der Waals surface area contributed by atoms with Crippen molar-refractivity contribution in [2.24, 2.45) is 5.73 Å². The number of hydrogen-bond acceptors (Lipinski definition) is 1. The Kier molecular flexibility index (Phi) is 11.3. The van der Waals surface area contributed by atoms with Gasteiger partial charge in [0.15, 0.2) is 0 Å². The number of rotatable bonds is 0. The second-order valence-corrected chi connectivity index (χ2v) is 132. The van der Waals surface area contributed by atoms with Crippen molar-refractivity contribution in [3.05, 3.63) is 0 Å². The predicted octanol–water partition coefficient (Wildman–Crippen LogP) is 3.91. The van der Waals surface area contributed by atoms with Crippen molar-refractivity contribution in [3.8, 4) is 0 Å². The predicted molar refractivity (Wildman–Crippen MR) is 85.8 cm³/mol. The first-order chi connectivity index (χ1) is 4.00. The van der Waals surface area contributed by atoms with Gasteiger partial charge in [-0.25, -0.2) is 0 Å². The molecule has 2 N–H and O–H groups in total. The van der Waals surface area contributed by atoms with E-state index in [1.54, 1.807) is 0 Å². The molecule has 0 radical (unpaired) electrons. The quantitative estimate of drug-likeness (QED) is 0.302. The van der Waals surface area contributed by atoms with Crippen LogP contribution < -0.4 is 5.73 Å². The van der Waals surface area contributed by atoms with Crippen molar-refractivity contribution in [1.29, 1.82) is 0 Å². The Morgan fingerprint density at radius 2 is 1.00 bits per heavy atom. The monoisotopic (exact) mass is 701 g/mol. The fourth-order valence-electron chi connectivity index (χ4n) is 0. The molecule has 0 spiro atoms. The van der Waals surface area contributed by atoms with E-state index in [0.717, 1.165) is 0 Å². The Balaban J connectivity index is 0. The summed E-state index contributed by atoms with van der Waals surface area (Å²) in [6.45, 7) is 5.90. The number of nitrogens with two attached hydrogens (primary N) is 1. The van der Waals surface area contributed by atoms with Crippen LogP contribution in [0.5, 0.6) is 0 Å². The zero-order valence-electron chi connectivity index (χ0n) is 6.09. The van der Waals surface area contributed by atoms with Crippen LogP contribution in [-0.4, -0.2) is 8.04 Å². The SMILES string of the molecule is CC(C)(C)N.[I][Sn]([I])([I])[I]. The summed E-state index contributed by atoms with van der Waals surface area (Å²) in [7, 11) is 0. The second-order valence-electron chi connectivity index (χ2n) is 2.79. The van der Waals surface area contributed by atoms with Crippen molar-refractivity contribution >= 4 is 77.0 Å². The van der Waals surface area contributed by atoms with Gasteiger partial charge < -0.3 is 5.73 Å². The molecule has 0 aliphatic carbocycles. The third-order valence-corrected chi connectivity index (χ3v) is 0. The Hall–Kier alpha value is 3.68. The molecule has 0 aromatic heterocycles. The molecular formula is C4H11I4NSn. The first-order valence-corrected chi connectivity index (χ1v) is 35.8. The van der Waals surface area contributed by atoms with Crippen LogP contribution in [0.25, 0.3) is 0 Å². The summed E-state index contributed by atoms with van der Waals surface area (Å²) in [5.74, 6) is 0. The molecule has 0 saturated heterocycles. The van der Waals surface area contributed by atoms with Gasteiger partial charge in [0, 0.05) is 5.54 Å². The molecule has 0 saturated carbocycles. The van der Waals surface area contributed by atoms with Crippen molar-refractivity contribution < 1.29 is 0 Å². The van der Waals surface area contributed by atoms with E-state index in [1.807, 2.05) is 20.8 Å². The van der Waals surface area contributed by atoms with Crippen molar-refractivity contribution in [1.82, 2.24) is 0 Å². The van der Waals surface area contributed by atoms with Gasteiger partial charge in [-0.05, 0) is 20.8 Å². The number of halogens is 4. The standard InChI is InChI=1S/C4H11N.4HI.Sn/c1-4(2,3)5;;;;;/h5H2,1-3H3;4*1H;/q;;;;;+4/p-4. The summed E-state index contributed by atoms with van der Waals surface area (Å²) in [5, 5.41) is 0. The van der Waals surface area contributed by atoms with Crippen LogP contribution >= 0.6 is 74.5 Å². The molecule has 0 bridgehead atoms. The Morgan fingerprint density at radius 1 is 1.00 bits per heavy atom. The van der Waals surface area contributed by atoms with E-state index in [4.69, 9.17) is 5.73 Å². The minimum atomic E-state index is -1.30. The third kappa shape index (κ3) is 98.4. The average molecular weight is 699 g/mol. The molecule has 64 valence electrons. The zero-order chi connectivity index (χ0) is 9.00. The zero-order valence-corrected chi connectivity index (χ0v) is 17.6. The van der Waals surface area contributed by atoms with Crippen molar-refractivity contribution in [3.63, 3.8) is 0 Å². The average Bonchev–Trinajstić information content (AvgIpc) is 1.12. The van der Waals surface area contributed by atoms with E-state index >= 15 is 0 Å². The Bertz CT molecular complexity index is 60.2. The summed E-state index contributed by atoms with van der Waals surface area (Å²) in [4.78, 5) is 0. The van der Waals surface area contributed by atoms with E-state index in [0.29, 0.717) is 0 Å². The molecule has 0 fully saturated rings. The van der Waals surface area contributed by atoms with Crippen LogP contribution in [0, 0.1) is 0 Å². The van der Waals surface area contributed by atoms with Crippen LogP contribution in [0.1, 0.15) is 20.8 Å². The van der Waals surface area contributed by atoms with E-state index in [2.05, 4.69) is 74.5 Å². The fourth-order valence-corrected chi connectivity index (χ4v) is 0. The molecule has 0 atom stereocenters. The summed E-state index contributed by atoms with van der Waals surface area (Å²) >= 11 is 10.2. The third-order valence-electron chi connectivity index (χ3n) is 0. The summed E-state index contributed by atoms with van der Waals surface area (Å²) in [5.41, 5.74) is 5.35. The van der Waals surface area contributed by atoms with Crippen molar-refractivity contribution in [2.75, 3.05) is 0 Å². The topological polar surface area (TPSA) is 26.0 Å².